The van der Waals surface area contributed by atoms with Crippen LogP contribution in [0.4, 0.5) is 30.4 Å². The topological polar surface area (TPSA) is 101 Å². The minimum absolute atomic E-state index is 0. The highest BCUT2D eigenvalue weighted by Crippen LogP contribution is 2.30. The molecule has 168 valence electrons. The zero-order valence-corrected chi connectivity index (χ0v) is 18.0. The van der Waals surface area contributed by atoms with Gasteiger partial charge in [-0.25, -0.2) is 13.4 Å². The minimum atomic E-state index is -4.49. The van der Waals surface area contributed by atoms with Gasteiger partial charge in [-0.3, -0.25) is 4.72 Å². The quantitative estimate of drug-likeness (QED) is 0.435. The first kappa shape index (κ1) is 23.3. The lowest BCUT2D eigenvalue weighted by atomic mass is 10.2. The SMILES string of the molecule is Cc1cc(Nc2ccc(S(=O)(=O)Nc3ccc(C(F)(F)F)cc3)cc2)n2ncnc2n1.Cl. The lowest BCUT2D eigenvalue weighted by Crippen LogP contribution is -2.13. The van der Waals surface area contributed by atoms with E-state index in [1.807, 2.05) is 6.92 Å². The molecule has 0 aliphatic carbocycles. The van der Waals surface area contributed by atoms with Crippen molar-refractivity contribution in [3.63, 3.8) is 0 Å². The van der Waals surface area contributed by atoms with Gasteiger partial charge in [0, 0.05) is 23.1 Å². The highest BCUT2D eigenvalue weighted by atomic mass is 35.5. The summed E-state index contributed by atoms with van der Waals surface area (Å²) in [6, 6.07) is 11.4. The number of hydrogen-bond donors (Lipinski definition) is 2. The lowest BCUT2D eigenvalue weighted by molar-refractivity contribution is -0.137. The van der Waals surface area contributed by atoms with Crippen LogP contribution in [0.1, 0.15) is 11.3 Å². The summed E-state index contributed by atoms with van der Waals surface area (Å²) >= 11 is 0. The molecule has 0 saturated heterocycles. The van der Waals surface area contributed by atoms with E-state index in [0.717, 1.165) is 30.0 Å². The molecule has 0 saturated carbocycles. The predicted octanol–water partition coefficient (Wildman–Crippen LogP) is 4.42. The third-order valence-corrected chi connectivity index (χ3v) is 5.68. The van der Waals surface area contributed by atoms with Gasteiger partial charge in [0.2, 0.25) is 0 Å². The van der Waals surface area contributed by atoms with E-state index in [1.54, 1.807) is 18.2 Å². The maximum atomic E-state index is 12.6. The molecular weight excluding hydrogens is 469 g/mol. The third kappa shape index (κ3) is 4.92. The molecule has 0 fully saturated rings. The Bertz CT molecular complexity index is 1340. The number of benzene rings is 2. The number of nitrogens with zero attached hydrogens (tertiary/aromatic N) is 4. The molecule has 32 heavy (non-hydrogen) atoms. The number of aromatic nitrogens is 4. The van der Waals surface area contributed by atoms with Gasteiger partial charge in [-0.15, -0.1) is 12.4 Å². The van der Waals surface area contributed by atoms with Crippen LogP contribution in [0.15, 0.2) is 65.8 Å². The average Bonchev–Trinajstić information content (AvgIpc) is 3.16. The Morgan fingerprint density at radius 2 is 1.59 bits per heavy atom. The van der Waals surface area contributed by atoms with Gasteiger partial charge in [0.15, 0.2) is 0 Å². The standard InChI is InChI=1S/C19H15F3N6O2S.ClH/c1-12-10-17(28-18(25-12)23-11-24-28)26-14-6-8-16(9-7-14)31(29,30)27-15-4-2-13(3-5-15)19(20,21)22;/h2-11,26-27H,1H3;1H. The predicted molar refractivity (Wildman–Crippen MR) is 115 cm³/mol. The Hall–Kier alpha value is -3.38. The third-order valence-electron chi connectivity index (χ3n) is 4.28. The van der Waals surface area contributed by atoms with E-state index in [-0.39, 0.29) is 23.0 Å². The van der Waals surface area contributed by atoms with Crippen molar-refractivity contribution in [1.82, 2.24) is 19.6 Å². The molecular formula is C19H16ClF3N6O2S. The van der Waals surface area contributed by atoms with Crippen molar-refractivity contribution in [3.05, 3.63) is 72.2 Å². The van der Waals surface area contributed by atoms with Gasteiger partial charge < -0.3 is 5.32 Å². The molecule has 8 nitrogen and oxygen atoms in total. The summed E-state index contributed by atoms with van der Waals surface area (Å²) in [5.74, 6) is 1.01. The van der Waals surface area contributed by atoms with Crippen LogP contribution in [-0.2, 0) is 16.2 Å². The van der Waals surface area contributed by atoms with E-state index in [4.69, 9.17) is 0 Å². The second-order valence-corrected chi connectivity index (χ2v) is 8.27. The fraction of sp³-hybridized carbons (Fsp3) is 0.105. The molecule has 2 aromatic carbocycles. The molecule has 4 rings (SSSR count). The summed E-state index contributed by atoms with van der Waals surface area (Å²) in [6.45, 7) is 1.81. The first-order chi connectivity index (χ1) is 14.6. The molecule has 2 N–H and O–H groups in total. The lowest BCUT2D eigenvalue weighted by Gasteiger charge is -2.12. The van der Waals surface area contributed by atoms with Gasteiger partial charge in [-0.2, -0.15) is 27.8 Å². The molecule has 2 heterocycles. The molecule has 2 aromatic heterocycles. The summed E-state index contributed by atoms with van der Waals surface area (Å²) in [5.41, 5.74) is 0.480. The van der Waals surface area contributed by atoms with Crippen LogP contribution in [-0.4, -0.2) is 28.0 Å². The molecule has 13 heteroatoms. The molecule has 4 aromatic rings. The van der Waals surface area contributed by atoms with E-state index in [2.05, 4.69) is 25.1 Å². The number of anilines is 3. The highest BCUT2D eigenvalue weighted by molar-refractivity contribution is 7.92. The van der Waals surface area contributed by atoms with Crippen LogP contribution in [0.25, 0.3) is 5.78 Å². The Morgan fingerprint density at radius 1 is 0.969 bits per heavy atom. The van der Waals surface area contributed by atoms with E-state index < -0.39 is 21.8 Å². The van der Waals surface area contributed by atoms with Gasteiger partial charge >= 0.3 is 6.18 Å². The number of alkyl halides is 3. The molecule has 0 aliphatic rings. The number of fused-ring (bicyclic) bond motifs is 1. The van der Waals surface area contributed by atoms with E-state index >= 15 is 0 Å². The van der Waals surface area contributed by atoms with Crippen LogP contribution in [0.5, 0.6) is 0 Å². The van der Waals surface area contributed by atoms with Crippen LogP contribution in [0.3, 0.4) is 0 Å². The monoisotopic (exact) mass is 484 g/mol. The van der Waals surface area contributed by atoms with Gasteiger partial charge in [0.1, 0.15) is 12.1 Å². The van der Waals surface area contributed by atoms with Crippen LogP contribution < -0.4 is 10.0 Å². The van der Waals surface area contributed by atoms with Gasteiger partial charge in [0.25, 0.3) is 15.8 Å². The molecule has 0 bridgehead atoms. The second kappa shape index (κ2) is 8.63. The zero-order valence-electron chi connectivity index (χ0n) is 16.3. The normalized spacial score (nSPS) is 11.8. The Kier molecular flexibility index (Phi) is 6.28. The molecule has 0 aliphatic heterocycles. The number of rotatable bonds is 5. The molecule has 0 radical (unpaired) electrons. The van der Waals surface area contributed by atoms with Crippen molar-refractivity contribution in [2.45, 2.75) is 18.0 Å². The van der Waals surface area contributed by atoms with Crippen molar-refractivity contribution in [1.29, 1.82) is 0 Å². The van der Waals surface area contributed by atoms with E-state index in [0.29, 0.717) is 17.3 Å². The van der Waals surface area contributed by atoms with Crippen molar-refractivity contribution >= 4 is 45.4 Å². The Morgan fingerprint density at radius 3 is 2.22 bits per heavy atom. The second-order valence-electron chi connectivity index (χ2n) is 6.58. The minimum Gasteiger partial charge on any atom is -0.340 e. The molecule has 0 amide bonds. The number of aryl methyl sites for hydroxylation is 1. The number of halogens is 4. The summed E-state index contributed by atoms with van der Waals surface area (Å²) in [5, 5.41) is 7.21. The average molecular weight is 485 g/mol. The Labute approximate surface area is 187 Å². The van der Waals surface area contributed by atoms with E-state index in [1.165, 1.54) is 23.0 Å². The summed E-state index contributed by atoms with van der Waals surface area (Å²) in [4.78, 5) is 8.23. The maximum Gasteiger partial charge on any atom is 0.416 e. The Balaban J connectivity index is 0.00000289. The first-order valence-corrected chi connectivity index (χ1v) is 10.3. The summed E-state index contributed by atoms with van der Waals surface area (Å²) < 4.78 is 66.8. The van der Waals surface area contributed by atoms with Crippen LogP contribution >= 0.6 is 12.4 Å². The smallest absolute Gasteiger partial charge is 0.340 e. The van der Waals surface area contributed by atoms with Crippen LogP contribution in [0, 0.1) is 6.92 Å². The fourth-order valence-electron chi connectivity index (χ4n) is 2.83. The first-order valence-electron chi connectivity index (χ1n) is 8.86. The number of nitrogens with one attached hydrogen (secondary N) is 2. The molecule has 0 atom stereocenters. The van der Waals surface area contributed by atoms with Crippen molar-refractivity contribution in [2.75, 3.05) is 10.0 Å². The van der Waals surface area contributed by atoms with Crippen molar-refractivity contribution in [3.8, 4) is 0 Å². The zero-order chi connectivity index (χ0) is 22.2. The van der Waals surface area contributed by atoms with Gasteiger partial charge in [0.05, 0.1) is 10.5 Å². The van der Waals surface area contributed by atoms with Gasteiger partial charge in [-0.1, -0.05) is 0 Å². The molecule has 0 unspecified atom stereocenters. The fourth-order valence-corrected chi connectivity index (χ4v) is 3.88. The number of sulfonamides is 1. The van der Waals surface area contributed by atoms with Crippen LogP contribution in [0.2, 0.25) is 0 Å². The maximum absolute atomic E-state index is 12.6. The number of hydrogen-bond acceptors (Lipinski definition) is 6. The van der Waals surface area contributed by atoms with Crippen molar-refractivity contribution in [2.24, 2.45) is 0 Å². The molecule has 0 spiro atoms. The van der Waals surface area contributed by atoms with E-state index in [9.17, 15) is 21.6 Å². The van der Waals surface area contributed by atoms with Crippen molar-refractivity contribution < 1.29 is 21.6 Å². The summed E-state index contributed by atoms with van der Waals surface area (Å²) in [7, 11) is -3.98. The largest absolute Gasteiger partial charge is 0.416 e. The van der Waals surface area contributed by atoms with Gasteiger partial charge in [-0.05, 0) is 55.5 Å². The summed E-state index contributed by atoms with van der Waals surface area (Å²) in [6.07, 6.45) is -3.12. The highest BCUT2D eigenvalue weighted by Gasteiger charge is 2.30.